The lowest BCUT2D eigenvalue weighted by Crippen LogP contribution is -2.74. The van der Waals surface area contributed by atoms with Gasteiger partial charge in [-0.3, -0.25) is 4.79 Å². The molecule has 0 radical (unpaired) electrons. The van der Waals surface area contributed by atoms with Gasteiger partial charge in [-0.15, -0.1) is 0 Å². The van der Waals surface area contributed by atoms with Crippen LogP contribution in [0.25, 0.3) is 0 Å². The highest BCUT2D eigenvalue weighted by atomic mass is 16.6. The maximum Gasteiger partial charge on any atom is 0.352 e. The number of hydrogen-bond acceptors (Lipinski definition) is 10. The first-order valence-electron chi connectivity index (χ1n) is 14.5. The molecule has 11 heteroatoms. The van der Waals surface area contributed by atoms with Gasteiger partial charge < -0.3 is 40.4 Å². The van der Waals surface area contributed by atoms with Crippen LogP contribution in [0.4, 0.5) is 0 Å². The van der Waals surface area contributed by atoms with Crippen LogP contribution in [-0.4, -0.2) is 83.0 Å². The molecule has 1 spiro atoms. The van der Waals surface area contributed by atoms with Crippen molar-refractivity contribution in [3.8, 4) is 11.5 Å². The summed E-state index contributed by atoms with van der Waals surface area (Å²) in [6, 6.07) is 2.35. The lowest BCUT2D eigenvalue weighted by Gasteiger charge is -2.61. The van der Waals surface area contributed by atoms with Crippen LogP contribution in [0.1, 0.15) is 64.0 Å². The Morgan fingerprint density at radius 1 is 1.22 bits per heavy atom. The Labute approximate surface area is 240 Å². The number of esters is 2. The second kappa shape index (κ2) is 10.9. The van der Waals surface area contributed by atoms with Crippen LogP contribution in [0.5, 0.6) is 11.5 Å². The Morgan fingerprint density at radius 2 is 1.98 bits per heavy atom. The number of unbranched alkanes of at least 4 members (excludes halogenated alkanes) is 1. The summed E-state index contributed by atoms with van der Waals surface area (Å²) in [5.74, 6) is -1.60. The number of likely N-dealkylation sites (N-methyl/N-ethyl adjacent to an activating group) is 1. The molecular weight excluding hydrogens is 530 g/mol. The van der Waals surface area contributed by atoms with Gasteiger partial charge in [-0.25, -0.2) is 9.59 Å². The van der Waals surface area contributed by atoms with E-state index < -0.39 is 41.2 Å². The highest BCUT2D eigenvalue weighted by molar-refractivity contribution is 5.87. The van der Waals surface area contributed by atoms with E-state index in [1.165, 1.54) is 13.8 Å². The number of carbonyl (C=O) groups is 3. The van der Waals surface area contributed by atoms with E-state index in [2.05, 4.69) is 10.2 Å². The molecule has 4 aliphatic rings. The number of likely N-dealkylation sites (tertiary alicyclic amines) is 1. The number of phenols is 1. The van der Waals surface area contributed by atoms with Crippen LogP contribution in [0.15, 0.2) is 24.0 Å². The van der Waals surface area contributed by atoms with Crippen molar-refractivity contribution in [2.24, 2.45) is 11.7 Å². The predicted octanol–water partition coefficient (Wildman–Crippen LogP) is 1.41. The van der Waals surface area contributed by atoms with Gasteiger partial charge in [-0.1, -0.05) is 19.4 Å². The molecule has 7 atom stereocenters. The van der Waals surface area contributed by atoms with Crippen molar-refractivity contribution in [1.29, 1.82) is 0 Å². The average Bonchev–Trinajstić information content (AvgIpc) is 3.29. The van der Waals surface area contributed by atoms with E-state index in [9.17, 15) is 24.6 Å². The Bertz CT molecular complexity index is 1270. The Hall–Kier alpha value is -3.15. The highest BCUT2D eigenvalue weighted by Crippen LogP contribution is 2.65. The molecule has 1 saturated heterocycles. The highest BCUT2D eigenvalue weighted by Gasteiger charge is 2.72. The molecule has 0 unspecified atom stereocenters. The number of ether oxygens (including phenoxy) is 3. The minimum Gasteiger partial charge on any atom is -0.504 e. The van der Waals surface area contributed by atoms with E-state index in [4.69, 9.17) is 19.9 Å². The number of nitrogens with two attached hydrogens (primary N) is 1. The van der Waals surface area contributed by atoms with Gasteiger partial charge in [-0.2, -0.15) is 0 Å². The van der Waals surface area contributed by atoms with E-state index in [1.807, 2.05) is 13.1 Å². The molecule has 2 bridgehead atoms. The summed E-state index contributed by atoms with van der Waals surface area (Å²) in [6.07, 6.45) is 3.28. The Balaban J connectivity index is 1.28. The van der Waals surface area contributed by atoms with Crippen LogP contribution >= 0.6 is 0 Å². The maximum atomic E-state index is 13.1. The van der Waals surface area contributed by atoms with Crippen LogP contribution in [0, 0.1) is 5.92 Å². The molecule has 2 aliphatic carbocycles. The van der Waals surface area contributed by atoms with Crippen molar-refractivity contribution >= 4 is 17.8 Å². The minimum atomic E-state index is -1.26. The summed E-state index contributed by atoms with van der Waals surface area (Å²) in [5, 5.41) is 25.5. The third kappa shape index (κ3) is 4.67. The Kier molecular flexibility index (Phi) is 7.82. The van der Waals surface area contributed by atoms with Gasteiger partial charge in [0.1, 0.15) is 11.8 Å². The number of benzene rings is 1. The SMILES string of the molecule is C[C@H](NC(=O)[C@@H](C)CCCCN)C(=O)O[C@@H](C)C(=O)OC1=CC[C@@]2(O)[C@H]3Cc4ccc(O)c5c4[C@@]2(CCN3C)[C@H]1O5. The fourth-order valence-corrected chi connectivity index (χ4v) is 7.10. The van der Waals surface area contributed by atoms with Crippen LogP contribution in [-0.2, 0) is 35.7 Å². The second-order valence-electron chi connectivity index (χ2n) is 12.0. The van der Waals surface area contributed by atoms with E-state index in [-0.39, 0.29) is 35.8 Å². The molecule has 1 aromatic rings. The summed E-state index contributed by atoms with van der Waals surface area (Å²) in [5.41, 5.74) is 5.22. The van der Waals surface area contributed by atoms with Crippen molar-refractivity contribution in [3.63, 3.8) is 0 Å². The Morgan fingerprint density at radius 3 is 2.71 bits per heavy atom. The van der Waals surface area contributed by atoms with Crippen LogP contribution < -0.4 is 15.8 Å². The average molecular weight is 572 g/mol. The van der Waals surface area contributed by atoms with Crippen molar-refractivity contribution < 1.29 is 38.8 Å². The number of carbonyl (C=O) groups excluding carboxylic acids is 3. The van der Waals surface area contributed by atoms with Gasteiger partial charge in [0.05, 0.1) is 11.0 Å². The summed E-state index contributed by atoms with van der Waals surface area (Å²) < 4.78 is 17.4. The van der Waals surface area contributed by atoms with Crippen molar-refractivity contribution in [2.45, 2.75) is 94.6 Å². The zero-order valence-corrected chi connectivity index (χ0v) is 24.1. The second-order valence-corrected chi connectivity index (χ2v) is 12.0. The van der Waals surface area contributed by atoms with Crippen molar-refractivity contribution in [1.82, 2.24) is 10.2 Å². The number of rotatable bonds is 10. The zero-order valence-electron chi connectivity index (χ0n) is 24.1. The van der Waals surface area contributed by atoms with Gasteiger partial charge in [0.2, 0.25) is 5.91 Å². The molecular formula is C30H41N3O8. The summed E-state index contributed by atoms with van der Waals surface area (Å²) in [6.45, 7) is 5.95. The van der Waals surface area contributed by atoms with Crippen molar-refractivity contribution in [2.75, 3.05) is 20.1 Å². The predicted molar refractivity (Wildman–Crippen MR) is 148 cm³/mol. The largest absolute Gasteiger partial charge is 0.504 e. The quantitative estimate of drug-likeness (QED) is 0.239. The fourth-order valence-electron chi connectivity index (χ4n) is 7.10. The summed E-state index contributed by atoms with van der Waals surface area (Å²) in [4.78, 5) is 40.4. The molecule has 1 aromatic carbocycles. The molecule has 224 valence electrons. The monoisotopic (exact) mass is 571 g/mol. The van der Waals surface area contributed by atoms with E-state index in [0.29, 0.717) is 38.1 Å². The van der Waals surface area contributed by atoms with Crippen molar-refractivity contribution in [3.05, 3.63) is 35.1 Å². The van der Waals surface area contributed by atoms with E-state index >= 15 is 0 Å². The molecule has 11 nitrogen and oxygen atoms in total. The minimum absolute atomic E-state index is 0.0232. The molecule has 0 saturated carbocycles. The number of piperidine rings is 1. The first-order valence-corrected chi connectivity index (χ1v) is 14.5. The number of nitrogens with zero attached hydrogens (tertiary/aromatic N) is 1. The molecule has 2 aliphatic heterocycles. The van der Waals surface area contributed by atoms with Gasteiger partial charge in [-0.05, 0) is 77.4 Å². The lowest BCUT2D eigenvalue weighted by atomic mass is 9.50. The molecule has 1 fully saturated rings. The number of aliphatic hydroxyl groups is 1. The third-order valence-corrected chi connectivity index (χ3v) is 9.45. The van der Waals surface area contributed by atoms with Gasteiger partial charge in [0.25, 0.3) is 0 Å². The van der Waals surface area contributed by atoms with E-state index in [1.54, 1.807) is 19.1 Å². The number of hydrogen-bond donors (Lipinski definition) is 4. The van der Waals surface area contributed by atoms with E-state index in [0.717, 1.165) is 24.0 Å². The number of phenolic OH excluding ortho intramolecular Hbond substituents is 1. The topological polar surface area (TPSA) is 161 Å². The molecule has 41 heavy (non-hydrogen) atoms. The molecule has 1 amide bonds. The van der Waals surface area contributed by atoms with Gasteiger partial charge in [0.15, 0.2) is 23.7 Å². The molecule has 0 aromatic heterocycles. The lowest BCUT2D eigenvalue weighted by molar-refractivity contribution is -0.176. The summed E-state index contributed by atoms with van der Waals surface area (Å²) >= 11 is 0. The van der Waals surface area contributed by atoms with Crippen LogP contribution in [0.3, 0.4) is 0 Å². The number of nitrogens with one attached hydrogen (secondary N) is 1. The zero-order chi connectivity index (χ0) is 29.7. The van der Waals surface area contributed by atoms with Gasteiger partial charge in [0, 0.05) is 23.9 Å². The van der Waals surface area contributed by atoms with Gasteiger partial charge >= 0.3 is 11.9 Å². The molecule has 5 N–H and O–H groups in total. The fraction of sp³-hybridized carbons (Fsp3) is 0.633. The first-order chi connectivity index (χ1) is 19.4. The number of aromatic hydroxyl groups is 1. The maximum absolute atomic E-state index is 13.1. The summed E-state index contributed by atoms with van der Waals surface area (Å²) in [7, 11) is 1.99. The normalized spacial score (nSPS) is 29.8. The number of amides is 1. The first kappa shape index (κ1) is 29.3. The third-order valence-electron chi connectivity index (χ3n) is 9.45. The smallest absolute Gasteiger partial charge is 0.352 e. The molecule has 5 rings (SSSR count). The molecule has 2 heterocycles. The van der Waals surface area contributed by atoms with Crippen LogP contribution in [0.2, 0.25) is 0 Å². The standard InChI is InChI=1S/C30H41N3O8/c1-16(7-5-6-13-31)26(35)32-17(2)27(36)39-18(3)28(37)40-21-10-11-30(38)22-15-19-8-9-20(34)24-23(19)29(30,25(21)41-24)12-14-33(22)4/h8-10,16-18,22,25,34,38H,5-7,11-15,31H2,1-4H3,(H,32,35)/t16-,17-,18-,22+,25-,29-,30+/m0/s1.